The number of rotatable bonds is 2. The number of aromatic carboxylic acids is 1. The maximum Gasteiger partial charge on any atom is 0.354 e. The second-order valence-electron chi connectivity index (χ2n) is 4.22. The van der Waals surface area contributed by atoms with Gasteiger partial charge in [-0.15, -0.1) is 0 Å². The molecule has 98 valence electrons. The molecule has 3 nitrogen and oxygen atoms in total. The Morgan fingerprint density at radius 2 is 1.84 bits per heavy atom. The van der Waals surface area contributed by atoms with E-state index in [0.29, 0.717) is 22.4 Å². The summed E-state index contributed by atoms with van der Waals surface area (Å²) in [4.78, 5) is 15.0. The van der Waals surface area contributed by atoms with E-state index in [0.717, 1.165) is 12.1 Å². The molecule has 0 spiro atoms. The van der Waals surface area contributed by atoms with Crippen LogP contribution in [-0.4, -0.2) is 16.1 Å². The predicted octanol–water partition coefficient (Wildman–Crippen LogP) is 3.34. The number of hydrogen-bond donors (Lipinski definition) is 1. The zero-order chi connectivity index (χ0) is 14.2. The maximum absolute atomic E-state index is 13.2. The predicted molar refractivity (Wildman–Crippen MR) is 66.0 cm³/mol. The van der Waals surface area contributed by atoms with Crippen molar-refractivity contribution < 1.29 is 18.7 Å². The van der Waals surface area contributed by atoms with Gasteiger partial charge in [0.05, 0.1) is 0 Å². The van der Waals surface area contributed by atoms with E-state index in [4.69, 9.17) is 5.11 Å². The molecule has 0 saturated heterocycles. The Bertz CT molecular complexity index is 669. The number of hydrogen-bond acceptors (Lipinski definition) is 2. The van der Waals surface area contributed by atoms with Crippen molar-refractivity contribution in [2.75, 3.05) is 0 Å². The van der Waals surface area contributed by atoms with E-state index < -0.39 is 17.6 Å². The minimum absolute atomic E-state index is 0.0836. The third-order valence-electron chi connectivity index (χ3n) is 2.83. The Morgan fingerprint density at radius 1 is 1.16 bits per heavy atom. The SMILES string of the molecule is Cc1cc(-c2ccc(F)c(F)c2)c(C)c(C(=O)O)n1. The summed E-state index contributed by atoms with van der Waals surface area (Å²) in [6.45, 7) is 3.24. The van der Waals surface area contributed by atoms with Crippen LogP contribution in [-0.2, 0) is 0 Å². The van der Waals surface area contributed by atoms with Crippen LogP contribution in [0.4, 0.5) is 8.78 Å². The standard InChI is InChI=1S/C14H11F2NO2/c1-7-5-10(8(2)13(17-7)14(18)19)9-3-4-11(15)12(16)6-9/h3-6H,1-2H3,(H,18,19). The first-order valence-electron chi connectivity index (χ1n) is 5.57. The van der Waals surface area contributed by atoms with Crippen molar-refractivity contribution in [1.82, 2.24) is 4.98 Å². The van der Waals surface area contributed by atoms with Crippen molar-refractivity contribution in [1.29, 1.82) is 0 Å². The van der Waals surface area contributed by atoms with Crippen molar-refractivity contribution in [2.24, 2.45) is 0 Å². The molecule has 1 aromatic heterocycles. The van der Waals surface area contributed by atoms with Gasteiger partial charge in [0.25, 0.3) is 0 Å². The summed E-state index contributed by atoms with van der Waals surface area (Å²) in [5.41, 5.74) is 1.79. The lowest BCUT2D eigenvalue weighted by atomic mass is 9.99. The summed E-state index contributed by atoms with van der Waals surface area (Å²) in [5.74, 6) is -3.06. The zero-order valence-corrected chi connectivity index (χ0v) is 10.4. The van der Waals surface area contributed by atoms with Gasteiger partial charge in [0.1, 0.15) is 0 Å². The van der Waals surface area contributed by atoms with E-state index in [-0.39, 0.29) is 5.69 Å². The first-order valence-corrected chi connectivity index (χ1v) is 5.57. The smallest absolute Gasteiger partial charge is 0.354 e. The molecule has 2 aromatic rings. The molecule has 0 bridgehead atoms. The number of carbonyl (C=O) groups is 1. The fraction of sp³-hybridized carbons (Fsp3) is 0.143. The minimum Gasteiger partial charge on any atom is -0.477 e. The molecule has 0 aliphatic rings. The van der Waals surface area contributed by atoms with E-state index in [1.165, 1.54) is 6.07 Å². The van der Waals surface area contributed by atoms with Gasteiger partial charge in [0.15, 0.2) is 17.3 Å². The van der Waals surface area contributed by atoms with Crippen molar-refractivity contribution in [3.63, 3.8) is 0 Å². The summed E-state index contributed by atoms with van der Waals surface area (Å²) >= 11 is 0. The van der Waals surface area contributed by atoms with E-state index in [1.54, 1.807) is 19.9 Å². The molecule has 19 heavy (non-hydrogen) atoms. The largest absolute Gasteiger partial charge is 0.477 e. The van der Waals surface area contributed by atoms with E-state index in [1.807, 2.05) is 0 Å². The van der Waals surface area contributed by atoms with Gasteiger partial charge in [-0.25, -0.2) is 18.6 Å². The molecule has 0 aliphatic carbocycles. The lowest BCUT2D eigenvalue weighted by molar-refractivity contribution is 0.0689. The molecule has 0 fully saturated rings. The summed E-state index contributed by atoms with van der Waals surface area (Å²) < 4.78 is 26.2. The maximum atomic E-state index is 13.2. The van der Waals surface area contributed by atoms with Crippen LogP contribution >= 0.6 is 0 Å². The van der Waals surface area contributed by atoms with Gasteiger partial charge in [-0.05, 0) is 48.7 Å². The van der Waals surface area contributed by atoms with Crippen molar-refractivity contribution >= 4 is 5.97 Å². The van der Waals surface area contributed by atoms with Crippen LogP contribution in [0, 0.1) is 25.5 Å². The summed E-state index contributed by atoms with van der Waals surface area (Å²) in [7, 11) is 0. The van der Waals surface area contributed by atoms with Crippen molar-refractivity contribution in [2.45, 2.75) is 13.8 Å². The number of carboxylic acid groups (broad SMARTS) is 1. The average molecular weight is 263 g/mol. The average Bonchev–Trinajstić information content (AvgIpc) is 2.35. The number of aryl methyl sites for hydroxylation is 1. The molecule has 2 rings (SSSR count). The van der Waals surface area contributed by atoms with Crippen LogP contribution in [0.1, 0.15) is 21.7 Å². The lowest BCUT2D eigenvalue weighted by Gasteiger charge is -2.10. The minimum atomic E-state index is -1.15. The van der Waals surface area contributed by atoms with E-state index in [9.17, 15) is 13.6 Å². The van der Waals surface area contributed by atoms with Gasteiger partial charge in [-0.2, -0.15) is 0 Å². The Morgan fingerprint density at radius 3 is 2.42 bits per heavy atom. The second kappa shape index (κ2) is 4.76. The number of pyridine rings is 1. The third-order valence-corrected chi connectivity index (χ3v) is 2.83. The van der Waals surface area contributed by atoms with Crippen molar-refractivity contribution in [3.8, 4) is 11.1 Å². The fourth-order valence-corrected chi connectivity index (χ4v) is 1.91. The molecule has 1 aromatic carbocycles. The van der Waals surface area contributed by atoms with Gasteiger partial charge in [-0.3, -0.25) is 0 Å². The second-order valence-corrected chi connectivity index (χ2v) is 4.22. The number of aromatic nitrogens is 1. The molecule has 0 unspecified atom stereocenters. The number of carboxylic acids is 1. The zero-order valence-electron chi connectivity index (χ0n) is 10.4. The molecule has 0 aliphatic heterocycles. The summed E-state index contributed by atoms with van der Waals surface area (Å²) in [5, 5.41) is 9.06. The first-order chi connectivity index (χ1) is 8.90. The topological polar surface area (TPSA) is 50.2 Å². The van der Waals surface area contributed by atoms with Crippen LogP contribution in [0.25, 0.3) is 11.1 Å². The highest BCUT2D eigenvalue weighted by Gasteiger charge is 2.15. The van der Waals surface area contributed by atoms with Gasteiger partial charge in [0.2, 0.25) is 0 Å². The van der Waals surface area contributed by atoms with E-state index in [2.05, 4.69) is 4.98 Å². The highest BCUT2D eigenvalue weighted by molar-refractivity contribution is 5.90. The molecular formula is C14H11F2NO2. The molecule has 0 amide bonds. The lowest BCUT2D eigenvalue weighted by Crippen LogP contribution is -2.06. The number of halogens is 2. The van der Waals surface area contributed by atoms with E-state index >= 15 is 0 Å². The molecular weight excluding hydrogens is 252 g/mol. The molecule has 5 heteroatoms. The van der Waals surface area contributed by atoms with Gasteiger partial charge in [-0.1, -0.05) is 6.07 Å². The number of nitrogens with zero attached hydrogens (tertiary/aromatic N) is 1. The first kappa shape index (κ1) is 13.1. The van der Waals surface area contributed by atoms with Crippen molar-refractivity contribution in [3.05, 3.63) is 52.9 Å². The highest BCUT2D eigenvalue weighted by Crippen LogP contribution is 2.27. The number of benzene rings is 1. The Hall–Kier alpha value is -2.30. The van der Waals surface area contributed by atoms with Gasteiger partial charge in [0, 0.05) is 5.69 Å². The van der Waals surface area contributed by atoms with Gasteiger partial charge < -0.3 is 5.11 Å². The Balaban J connectivity index is 2.68. The fourth-order valence-electron chi connectivity index (χ4n) is 1.91. The third kappa shape index (κ3) is 2.45. The van der Waals surface area contributed by atoms with Crippen LogP contribution < -0.4 is 0 Å². The van der Waals surface area contributed by atoms with Crippen LogP contribution in [0.2, 0.25) is 0 Å². The quantitative estimate of drug-likeness (QED) is 0.904. The van der Waals surface area contributed by atoms with Crippen LogP contribution in [0.15, 0.2) is 24.3 Å². The summed E-state index contributed by atoms with van der Waals surface area (Å²) in [6.07, 6.45) is 0. The Labute approximate surface area is 108 Å². The summed E-state index contributed by atoms with van der Waals surface area (Å²) in [6, 6.07) is 5.11. The molecule has 0 saturated carbocycles. The normalized spacial score (nSPS) is 10.5. The molecule has 1 N–H and O–H groups in total. The molecule has 1 heterocycles. The van der Waals surface area contributed by atoms with Crippen LogP contribution in [0.3, 0.4) is 0 Å². The van der Waals surface area contributed by atoms with Gasteiger partial charge >= 0.3 is 5.97 Å². The monoisotopic (exact) mass is 263 g/mol. The molecule has 0 atom stereocenters. The highest BCUT2D eigenvalue weighted by atomic mass is 19.2. The van der Waals surface area contributed by atoms with Crippen LogP contribution in [0.5, 0.6) is 0 Å². The molecule has 0 radical (unpaired) electrons. The Kier molecular flexibility index (Phi) is 3.29.